The Morgan fingerprint density at radius 1 is 1.12 bits per heavy atom. The Morgan fingerprint density at radius 2 is 1.88 bits per heavy atom. The number of pyridine rings is 1. The Bertz CT molecular complexity index is 304. The largest absolute Gasteiger partial charge is 0.387 e. The summed E-state index contributed by atoms with van der Waals surface area (Å²) in [6.45, 7) is 1.04. The molecule has 96 valence electrons. The minimum Gasteiger partial charge on any atom is -0.387 e. The molecule has 0 aliphatic rings. The van der Waals surface area contributed by atoms with Gasteiger partial charge in [0.25, 0.3) is 0 Å². The van der Waals surface area contributed by atoms with Gasteiger partial charge in [0, 0.05) is 13.6 Å². The van der Waals surface area contributed by atoms with E-state index in [2.05, 4.69) is 27.9 Å². The summed E-state index contributed by atoms with van der Waals surface area (Å²) < 4.78 is 0. The summed E-state index contributed by atoms with van der Waals surface area (Å²) >= 11 is 1.94. The van der Waals surface area contributed by atoms with Crippen molar-refractivity contribution in [3.8, 4) is 0 Å². The van der Waals surface area contributed by atoms with Crippen molar-refractivity contribution >= 4 is 23.1 Å². The van der Waals surface area contributed by atoms with Gasteiger partial charge >= 0.3 is 0 Å². The van der Waals surface area contributed by atoms with Crippen molar-refractivity contribution in [2.24, 2.45) is 0 Å². The molecule has 17 heavy (non-hydrogen) atoms. The third-order valence-electron chi connectivity index (χ3n) is 2.63. The van der Waals surface area contributed by atoms with Crippen molar-refractivity contribution in [2.45, 2.75) is 25.7 Å². The van der Waals surface area contributed by atoms with E-state index in [0.29, 0.717) is 0 Å². The molecule has 0 saturated heterocycles. The number of anilines is 2. The van der Waals surface area contributed by atoms with Crippen LogP contribution in [0.1, 0.15) is 25.7 Å². The van der Waals surface area contributed by atoms with Crippen LogP contribution in [0.3, 0.4) is 0 Å². The number of hydrogen-bond acceptors (Lipinski definition) is 4. The molecular weight excluding hydrogens is 230 g/mol. The van der Waals surface area contributed by atoms with Gasteiger partial charge in [0.15, 0.2) is 0 Å². The SMILES string of the molecule is CNc1cncc(NCCCCCCSC)c1. The number of nitrogens with zero attached hydrogens (tertiary/aromatic N) is 1. The van der Waals surface area contributed by atoms with Crippen LogP contribution >= 0.6 is 11.8 Å². The van der Waals surface area contributed by atoms with Gasteiger partial charge in [0.1, 0.15) is 0 Å². The Balaban J connectivity index is 2.09. The van der Waals surface area contributed by atoms with Gasteiger partial charge in [0.05, 0.1) is 23.8 Å². The van der Waals surface area contributed by atoms with Crippen molar-refractivity contribution in [3.63, 3.8) is 0 Å². The summed E-state index contributed by atoms with van der Waals surface area (Å²) in [5, 5.41) is 6.49. The molecule has 0 saturated carbocycles. The van der Waals surface area contributed by atoms with E-state index in [1.54, 1.807) is 0 Å². The van der Waals surface area contributed by atoms with E-state index < -0.39 is 0 Å². The van der Waals surface area contributed by atoms with Crippen molar-refractivity contribution in [2.75, 3.05) is 36.2 Å². The maximum absolute atomic E-state index is 4.17. The standard InChI is InChI=1S/C13H23N3S/c1-14-12-9-13(11-15-10-12)16-7-5-3-4-6-8-17-2/h9-11,14,16H,3-8H2,1-2H3. The van der Waals surface area contributed by atoms with Gasteiger partial charge in [0.2, 0.25) is 0 Å². The number of thioether (sulfide) groups is 1. The van der Waals surface area contributed by atoms with Crippen LogP contribution in [0.15, 0.2) is 18.5 Å². The van der Waals surface area contributed by atoms with Crippen molar-refractivity contribution in [1.82, 2.24) is 4.98 Å². The lowest BCUT2D eigenvalue weighted by Crippen LogP contribution is -2.02. The monoisotopic (exact) mass is 253 g/mol. The average Bonchev–Trinajstić information content (AvgIpc) is 2.38. The Hall–Kier alpha value is -0.900. The van der Waals surface area contributed by atoms with E-state index in [1.807, 2.05) is 31.2 Å². The van der Waals surface area contributed by atoms with Gasteiger partial charge in [-0.1, -0.05) is 12.8 Å². The Labute approximate surface area is 109 Å². The second-order valence-electron chi connectivity index (χ2n) is 4.05. The molecule has 0 unspecified atom stereocenters. The minimum absolute atomic E-state index is 1.04. The van der Waals surface area contributed by atoms with Gasteiger partial charge < -0.3 is 10.6 Å². The topological polar surface area (TPSA) is 37.0 Å². The molecule has 0 bridgehead atoms. The second-order valence-corrected chi connectivity index (χ2v) is 5.03. The Morgan fingerprint density at radius 3 is 2.65 bits per heavy atom. The van der Waals surface area contributed by atoms with E-state index in [4.69, 9.17) is 0 Å². The normalized spacial score (nSPS) is 10.2. The molecule has 4 heteroatoms. The zero-order valence-electron chi connectivity index (χ0n) is 10.8. The molecule has 0 radical (unpaired) electrons. The molecule has 2 N–H and O–H groups in total. The van der Waals surface area contributed by atoms with E-state index in [0.717, 1.165) is 17.9 Å². The van der Waals surface area contributed by atoms with Crippen molar-refractivity contribution in [1.29, 1.82) is 0 Å². The molecule has 0 atom stereocenters. The lowest BCUT2D eigenvalue weighted by Gasteiger charge is -2.07. The van der Waals surface area contributed by atoms with Gasteiger partial charge in [-0.15, -0.1) is 0 Å². The number of nitrogens with one attached hydrogen (secondary N) is 2. The van der Waals surface area contributed by atoms with E-state index in [1.165, 1.54) is 31.4 Å². The molecule has 0 amide bonds. The molecule has 0 aromatic carbocycles. The summed E-state index contributed by atoms with van der Waals surface area (Å²) in [6, 6.07) is 2.08. The van der Waals surface area contributed by atoms with Gasteiger partial charge in [-0.05, 0) is 30.9 Å². The van der Waals surface area contributed by atoms with E-state index in [-0.39, 0.29) is 0 Å². The molecule has 1 aromatic heterocycles. The van der Waals surface area contributed by atoms with Crippen molar-refractivity contribution in [3.05, 3.63) is 18.5 Å². The first-order valence-corrected chi connectivity index (χ1v) is 7.62. The molecule has 1 rings (SSSR count). The first-order valence-electron chi connectivity index (χ1n) is 6.22. The van der Waals surface area contributed by atoms with E-state index in [9.17, 15) is 0 Å². The zero-order chi connectivity index (χ0) is 12.3. The fraction of sp³-hybridized carbons (Fsp3) is 0.615. The van der Waals surface area contributed by atoms with Crippen LogP contribution in [0.4, 0.5) is 11.4 Å². The van der Waals surface area contributed by atoms with Crippen LogP contribution in [-0.2, 0) is 0 Å². The summed E-state index contributed by atoms with van der Waals surface area (Å²) in [5.41, 5.74) is 2.15. The highest BCUT2D eigenvalue weighted by Gasteiger charge is 1.94. The predicted molar refractivity (Wildman–Crippen MR) is 79.1 cm³/mol. The Kier molecular flexibility index (Phi) is 7.63. The molecule has 0 fully saturated rings. The number of aromatic nitrogens is 1. The first kappa shape index (κ1) is 14.2. The number of rotatable bonds is 9. The van der Waals surface area contributed by atoms with Crippen LogP contribution in [0.5, 0.6) is 0 Å². The first-order chi connectivity index (χ1) is 8.36. The summed E-state index contributed by atoms with van der Waals surface area (Å²) in [7, 11) is 1.91. The number of hydrogen-bond donors (Lipinski definition) is 2. The quantitative estimate of drug-likeness (QED) is 0.661. The lowest BCUT2D eigenvalue weighted by molar-refractivity contribution is 0.689. The number of unbranched alkanes of at least 4 members (excludes halogenated alkanes) is 3. The fourth-order valence-corrected chi connectivity index (χ4v) is 2.12. The maximum atomic E-state index is 4.17. The van der Waals surface area contributed by atoms with Crippen molar-refractivity contribution < 1.29 is 0 Å². The minimum atomic E-state index is 1.04. The summed E-state index contributed by atoms with van der Waals surface area (Å²) in [6.07, 6.45) is 11.1. The van der Waals surface area contributed by atoms with Crippen LogP contribution in [0.25, 0.3) is 0 Å². The molecule has 1 aromatic rings. The van der Waals surface area contributed by atoms with Crippen LogP contribution in [0, 0.1) is 0 Å². The van der Waals surface area contributed by atoms with Crippen LogP contribution in [0.2, 0.25) is 0 Å². The third-order valence-corrected chi connectivity index (χ3v) is 3.33. The van der Waals surface area contributed by atoms with Gasteiger partial charge in [-0.2, -0.15) is 11.8 Å². The fourth-order valence-electron chi connectivity index (χ4n) is 1.63. The van der Waals surface area contributed by atoms with E-state index >= 15 is 0 Å². The summed E-state index contributed by atoms with van der Waals surface area (Å²) in [4.78, 5) is 4.17. The summed E-state index contributed by atoms with van der Waals surface area (Å²) in [5.74, 6) is 1.29. The molecular formula is C13H23N3S. The molecule has 0 aliphatic carbocycles. The highest BCUT2D eigenvalue weighted by atomic mass is 32.2. The predicted octanol–water partition coefficient (Wildman–Crippen LogP) is 3.46. The van der Waals surface area contributed by atoms with Crippen LogP contribution < -0.4 is 10.6 Å². The average molecular weight is 253 g/mol. The lowest BCUT2D eigenvalue weighted by atomic mass is 10.2. The highest BCUT2D eigenvalue weighted by Crippen LogP contribution is 2.12. The smallest absolute Gasteiger partial charge is 0.0547 e. The van der Waals surface area contributed by atoms with Gasteiger partial charge in [-0.25, -0.2) is 0 Å². The zero-order valence-corrected chi connectivity index (χ0v) is 11.6. The highest BCUT2D eigenvalue weighted by molar-refractivity contribution is 7.98. The maximum Gasteiger partial charge on any atom is 0.0547 e. The molecule has 1 heterocycles. The van der Waals surface area contributed by atoms with Gasteiger partial charge in [-0.3, -0.25) is 4.98 Å². The third kappa shape index (κ3) is 6.41. The molecule has 0 spiro atoms. The molecule has 0 aliphatic heterocycles. The van der Waals surface area contributed by atoms with Crippen LogP contribution in [-0.4, -0.2) is 30.6 Å². The second kappa shape index (κ2) is 9.16. The molecule has 3 nitrogen and oxygen atoms in total.